The van der Waals surface area contributed by atoms with Gasteiger partial charge in [0.05, 0.1) is 26.4 Å². The molecule has 0 aliphatic carbocycles. The molecule has 0 saturated carbocycles. The maximum Gasteiger partial charge on any atom is 0.122 e. The lowest BCUT2D eigenvalue weighted by Gasteiger charge is -2.09. The SMILES string of the molecule is N=C(N)c1ccc(OCCOCCOCCOc2ccc(CN)cc2)cc1. The van der Waals surface area contributed by atoms with E-state index in [-0.39, 0.29) is 5.84 Å². The molecule has 27 heavy (non-hydrogen) atoms. The van der Waals surface area contributed by atoms with Crippen molar-refractivity contribution < 1.29 is 18.9 Å². The van der Waals surface area contributed by atoms with Crippen molar-refractivity contribution in [2.24, 2.45) is 11.5 Å². The van der Waals surface area contributed by atoms with E-state index in [1.54, 1.807) is 24.3 Å². The Labute approximate surface area is 159 Å². The number of nitrogen functional groups attached to an aromatic ring is 1. The molecule has 0 aliphatic heterocycles. The Hall–Kier alpha value is -2.61. The highest BCUT2D eigenvalue weighted by Crippen LogP contribution is 2.12. The second kappa shape index (κ2) is 11.9. The molecule has 5 N–H and O–H groups in total. The smallest absolute Gasteiger partial charge is 0.122 e. The summed E-state index contributed by atoms with van der Waals surface area (Å²) in [7, 11) is 0. The van der Waals surface area contributed by atoms with Gasteiger partial charge in [0.25, 0.3) is 0 Å². The first-order valence-electron chi connectivity index (χ1n) is 8.83. The Bertz CT molecular complexity index is 675. The molecule has 0 saturated heterocycles. The molecule has 0 heterocycles. The summed E-state index contributed by atoms with van der Waals surface area (Å²) in [5, 5.41) is 7.33. The highest BCUT2D eigenvalue weighted by Gasteiger charge is 1.98. The Balaban J connectivity index is 1.43. The summed E-state index contributed by atoms with van der Waals surface area (Å²) in [4.78, 5) is 0. The molecule has 0 amide bonds. The van der Waals surface area contributed by atoms with E-state index in [0.29, 0.717) is 51.7 Å². The van der Waals surface area contributed by atoms with Gasteiger partial charge in [-0.2, -0.15) is 0 Å². The molecule has 146 valence electrons. The lowest BCUT2D eigenvalue weighted by Crippen LogP contribution is -2.13. The number of hydrogen-bond acceptors (Lipinski definition) is 6. The van der Waals surface area contributed by atoms with Crippen LogP contribution in [0.25, 0.3) is 0 Å². The minimum absolute atomic E-state index is 0.0415. The summed E-state index contributed by atoms with van der Waals surface area (Å²) in [5.74, 6) is 1.57. The molecule has 0 atom stereocenters. The van der Waals surface area contributed by atoms with Crippen molar-refractivity contribution in [1.29, 1.82) is 5.41 Å². The average Bonchev–Trinajstić information content (AvgIpc) is 2.70. The van der Waals surface area contributed by atoms with Crippen LogP contribution in [0.3, 0.4) is 0 Å². The molecular formula is C20H27N3O4. The summed E-state index contributed by atoms with van der Waals surface area (Å²) in [6.07, 6.45) is 0. The van der Waals surface area contributed by atoms with Gasteiger partial charge in [-0.1, -0.05) is 12.1 Å². The Kier molecular flexibility index (Phi) is 9.12. The molecule has 0 aliphatic rings. The first kappa shape index (κ1) is 20.7. The maximum absolute atomic E-state index is 7.33. The van der Waals surface area contributed by atoms with Crippen molar-refractivity contribution in [2.45, 2.75) is 6.54 Å². The Morgan fingerprint density at radius 1 is 0.704 bits per heavy atom. The van der Waals surface area contributed by atoms with Gasteiger partial charge in [-0.3, -0.25) is 5.41 Å². The van der Waals surface area contributed by atoms with Gasteiger partial charge < -0.3 is 30.4 Å². The number of nitrogens with one attached hydrogen (secondary N) is 1. The Morgan fingerprint density at radius 2 is 1.15 bits per heavy atom. The zero-order chi connectivity index (χ0) is 19.3. The summed E-state index contributed by atoms with van der Waals surface area (Å²) in [6.45, 7) is 3.44. The van der Waals surface area contributed by atoms with E-state index in [2.05, 4.69) is 0 Å². The molecule has 2 aromatic rings. The number of amidine groups is 1. The van der Waals surface area contributed by atoms with Crippen LogP contribution in [0.1, 0.15) is 11.1 Å². The minimum atomic E-state index is 0.0415. The Morgan fingerprint density at radius 3 is 1.59 bits per heavy atom. The predicted octanol–water partition coefficient (Wildman–Crippen LogP) is 1.92. The van der Waals surface area contributed by atoms with Gasteiger partial charge >= 0.3 is 0 Å². The highest BCUT2D eigenvalue weighted by atomic mass is 16.6. The van der Waals surface area contributed by atoms with Crippen molar-refractivity contribution in [3.63, 3.8) is 0 Å². The van der Waals surface area contributed by atoms with Crippen LogP contribution in [0, 0.1) is 5.41 Å². The zero-order valence-corrected chi connectivity index (χ0v) is 15.4. The number of benzene rings is 2. The normalized spacial score (nSPS) is 10.6. The summed E-state index contributed by atoms with van der Waals surface area (Å²) < 4.78 is 22.0. The minimum Gasteiger partial charge on any atom is -0.491 e. The van der Waals surface area contributed by atoms with Gasteiger partial charge in [-0.25, -0.2) is 0 Å². The van der Waals surface area contributed by atoms with Crippen molar-refractivity contribution in [3.8, 4) is 11.5 Å². The van der Waals surface area contributed by atoms with Gasteiger partial charge in [0.1, 0.15) is 30.5 Å². The van der Waals surface area contributed by atoms with Crippen LogP contribution >= 0.6 is 0 Å². The van der Waals surface area contributed by atoms with E-state index < -0.39 is 0 Å². The largest absolute Gasteiger partial charge is 0.491 e. The van der Waals surface area contributed by atoms with E-state index in [1.165, 1.54) is 0 Å². The number of nitrogens with two attached hydrogens (primary N) is 2. The van der Waals surface area contributed by atoms with E-state index in [9.17, 15) is 0 Å². The fourth-order valence-electron chi connectivity index (χ4n) is 2.21. The van der Waals surface area contributed by atoms with Crippen LogP contribution in [0.5, 0.6) is 11.5 Å². The zero-order valence-electron chi connectivity index (χ0n) is 15.4. The van der Waals surface area contributed by atoms with Crippen molar-refractivity contribution in [2.75, 3.05) is 39.6 Å². The fourth-order valence-corrected chi connectivity index (χ4v) is 2.21. The maximum atomic E-state index is 7.33. The monoisotopic (exact) mass is 373 g/mol. The van der Waals surface area contributed by atoms with Gasteiger partial charge in [-0.15, -0.1) is 0 Å². The molecule has 0 bridgehead atoms. The highest BCUT2D eigenvalue weighted by molar-refractivity contribution is 5.94. The fraction of sp³-hybridized carbons (Fsp3) is 0.350. The number of rotatable bonds is 13. The van der Waals surface area contributed by atoms with Gasteiger partial charge in [0, 0.05) is 12.1 Å². The third-order valence-electron chi connectivity index (χ3n) is 3.69. The van der Waals surface area contributed by atoms with E-state index in [4.69, 9.17) is 35.8 Å². The van der Waals surface area contributed by atoms with Gasteiger partial charge in [0.2, 0.25) is 0 Å². The first-order valence-corrected chi connectivity index (χ1v) is 8.83. The predicted molar refractivity (Wildman–Crippen MR) is 104 cm³/mol. The first-order chi connectivity index (χ1) is 13.2. The van der Waals surface area contributed by atoms with Crippen LogP contribution in [-0.4, -0.2) is 45.5 Å². The average molecular weight is 373 g/mol. The van der Waals surface area contributed by atoms with Crippen molar-refractivity contribution in [3.05, 3.63) is 59.7 Å². The lowest BCUT2D eigenvalue weighted by molar-refractivity contribution is 0.0273. The number of hydrogen-bond donors (Lipinski definition) is 3. The molecule has 0 unspecified atom stereocenters. The van der Waals surface area contributed by atoms with Crippen LogP contribution in [0.15, 0.2) is 48.5 Å². The summed E-state index contributed by atoms with van der Waals surface area (Å²) in [5.41, 5.74) is 12.7. The third-order valence-corrected chi connectivity index (χ3v) is 3.69. The summed E-state index contributed by atoms with van der Waals surface area (Å²) in [6, 6.07) is 14.8. The summed E-state index contributed by atoms with van der Waals surface area (Å²) >= 11 is 0. The van der Waals surface area contributed by atoms with Gasteiger partial charge in [0.15, 0.2) is 0 Å². The van der Waals surface area contributed by atoms with Crippen LogP contribution in [-0.2, 0) is 16.0 Å². The van der Waals surface area contributed by atoms with Crippen molar-refractivity contribution >= 4 is 5.84 Å². The van der Waals surface area contributed by atoms with E-state index >= 15 is 0 Å². The molecule has 0 radical (unpaired) electrons. The lowest BCUT2D eigenvalue weighted by atomic mass is 10.2. The molecular weight excluding hydrogens is 346 g/mol. The van der Waals surface area contributed by atoms with Crippen LogP contribution < -0.4 is 20.9 Å². The topological polar surface area (TPSA) is 113 Å². The van der Waals surface area contributed by atoms with Crippen LogP contribution in [0.2, 0.25) is 0 Å². The molecule has 0 aromatic heterocycles. The third kappa shape index (κ3) is 8.08. The second-order valence-electron chi connectivity index (χ2n) is 5.71. The molecule has 0 spiro atoms. The number of ether oxygens (including phenoxy) is 4. The molecule has 7 nitrogen and oxygen atoms in total. The quantitative estimate of drug-likeness (QED) is 0.281. The molecule has 0 fully saturated rings. The molecule has 7 heteroatoms. The van der Waals surface area contributed by atoms with E-state index in [0.717, 1.165) is 17.1 Å². The molecule has 2 aromatic carbocycles. The van der Waals surface area contributed by atoms with Crippen LogP contribution in [0.4, 0.5) is 0 Å². The van der Waals surface area contributed by atoms with Gasteiger partial charge in [-0.05, 0) is 42.0 Å². The van der Waals surface area contributed by atoms with Crippen molar-refractivity contribution in [1.82, 2.24) is 0 Å². The van der Waals surface area contributed by atoms with E-state index in [1.807, 2.05) is 24.3 Å². The standard InChI is InChI=1S/C20H27N3O4/c21-15-16-1-5-18(6-2-16)26-13-11-24-9-10-25-12-14-27-19-7-3-17(4-8-19)20(22)23/h1-8H,9-15,21H2,(H3,22,23). The second-order valence-corrected chi connectivity index (χ2v) is 5.71. The molecule has 2 rings (SSSR count).